The van der Waals surface area contributed by atoms with Crippen molar-refractivity contribution in [1.82, 2.24) is 5.32 Å². The Morgan fingerprint density at radius 1 is 1.14 bits per heavy atom. The van der Waals surface area contributed by atoms with Gasteiger partial charge in [0.25, 0.3) is 5.24 Å². The number of benzene rings is 1. The van der Waals surface area contributed by atoms with Crippen LogP contribution < -0.4 is 5.32 Å². The van der Waals surface area contributed by atoms with Crippen LogP contribution in [-0.2, 0) is 11.3 Å². The van der Waals surface area contributed by atoms with Gasteiger partial charge in [-0.15, -0.1) is 12.4 Å². The van der Waals surface area contributed by atoms with Gasteiger partial charge in [0.2, 0.25) is 0 Å². The highest BCUT2D eigenvalue weighted by Crippen LogP contribution is 2.07. The number of halogens is 2. The van der Waals surface area contributed by atoms with Gasteiger partial charge in [0.1, 0.15) is 0 Å². The Morgan fingerprint density at radius 2 is 1.81 bits per heavy atom. The molecule has 0 aliphatic rings. The lowest BCUT2D eigenvalue weighted by atomic mass is 10.1. The maximum atomic E-state index is 11.4. The highest BCUT2D eigenvalue weighted by atomic mass is 35.5. The summed E-state index contributed by atoms with van der Waals surface area (Å²) in [4.78, 5) is 22.3. The Labute approximate surface area is 136 Å². The molecule has 0 bridgehead atoms. The van der Waals surface area contributed by atoms with Crippen molar-refractivity contribution in [3.05, 3.63) is 35.4 Å². The molecule has 1 aromatic rings. The number of hydrogen-bond donors (Lipinski definition) is 1. The van der Waals surface area contributed by atoms with Gasteiger partial charge >= 0.3 is 6.09 Å². The second kappa shape index (κ2) is 11.4. The Morgan fingerprint density at radius 3 is 2.38 bits per heavy atom. The largest absolute Gasteiger partial charge is 0.450 e. The number of amides is 1. The first-order valence-electron chi connectivity index (χ1n) is 6.83. The molecule has 118 valence electrons. The van der Waals surface area contributed by atoms with E-state index in [0.29, 0.717) is 18.7 Å². The van der Waals surface area contributed by atoms with E-state index in [1.807, 2.05) is 0 Å². The molecule has 0 spiro atoms. The van der Waals surface area contributed by atoms with Crippen LogP contribution in [0, 0.1) is 0 Å². The highest BCUT2D eigenvalue weighted by Gasteiger charge is 2.03. The molecule has 1 rings (SSSR count). The summed E-state index contributed by atoms with van der Waals surface area (Å²) in [5.74, 6) is 0. The van der Waals surface area contributed by atoms with Gasteiger partial charge in [-0.3, -0.25) is 4.79 Å². The van der Waals surface area contributed by atoms with Crippen LogP contribution in [0.5, 0.6) is 0 Å². The molecule has 4 nitrogen and oxygen atoms in total. The van der Waals surface area contributed by atoms with Crippen LogP contribution in [0.3, 0.4) is 0 Å². The van der Waals surface area contributed by atoms with E-state index in [4.69, 9.17) is 16.3 Å². The summed E-state index contributed by atoms with van der Waals surface area (Å²) in [5.41, 5.74) is 1.32. The van der Waals surface area contributed by atoms with Gasteiger partial charge in [-0.05, 0) is 35.7 Å². The van der Waals surface area contributed by atoms with Crippen LogP contribution >= 0.6 is 24.0 Å². The van der Waals surface area contributed by atoms with Gasteiger partial charge in [-0.2, -0.15) is 0 Å². The number of unbranched alkanes of at least 4 members (excludes halogenated alkanes) is 3. The molecule has 0 aliphatic carbocycles. The maximum absolute atomic E-state index is 11.4. The third-order valence-electron chi connectivity index (χ3n) is 2.85. The molecule has 0 heterocycles. The van der Waals surface area contributed by atoms with Gasteiger partial charge in [0.15, 0.2) is 0 Å². The molecule has 1 N–H and O–H groups in total. The van der Waals surface area contributed by atoms with Crippen molar-refractivity contribution in [2.45, 2.75) is 39.2 Å². The minimum Gasteiger partial charge on any atom is -0.450 e. The SMILES string of the molecule is CCCCCCOC(=O)NCc1ccc(C(=O)Cl)cc1.Cl. The van der Waals surface area contributed by atoms with E-state index in [2.05, 4.69) is 12.2 Å². The second-order valence-electron chi connectivity index (χ2n) is 4.52. The Bertz CT molecular complexity index is 435. The Hall–Kier alpha value is -1.26. The van der Waals surface area contributed by atoms with E-state index in [0.717, 1.165) is 31.2 Å². The van der Waals surface area contributed by atoms with Crippen molar-refractivity contribution in [2.24, 2.45) is 0 Å². The first-order valence-corrected chi connectivity index (χ1v) is 7.20. The van der Waals surface area contributed by atoms with Crippen molar-refractivity contribution >= 4 is 35.3 Å². The number of carbonyl (C=O) groups excluding carboxylic acids is 2. The zero-order valence-electron chi connectivity index (χ0n) is 12.1. The van der Waals surface area contributed by atoms with Crippen molar-refractivity contribution < 1.29 is 14.3 Å². The molecular weight excluding hydrogens is 313 g/mol. The third-order valence-corrected chi connectivity index (χ3v) is 3.07. The monoisotopic (exact) mass is 333 g/mol. The summed E-state index contributed by atoms with van der Waals surface area (Å²) in [7, 11) is 0. The van der Waals surface area contributed by atoms with Crippen LogP contribution in [0.1, 0.15) is 48.5 Å². The summed E-state index contributed by atoms with van der Waals surface area (Å²) in [6, 6.07) is 6.75. The van der Waals surface area contributed by atoms with Gasteiger partial charge in [0.05, 0.1) is 6.61 Å². The third kappa shape index (κ3) is 8.58. The quantitative estimate of drug-likeness (QED) is 0.570. The number of carbonyl (C=O) groups is 2. The molecule has 0 atom stereocenters. The molecule has 1 aromatic carbocycles. The minimum atomic E-state index is -0.490. The van der Waals surface area contributed by atoms with Gasteiger partial charge in [-0.1, -0.05) is 38.3 Å². The normalized spacial score (nSPS) is 9.62. The lowest BCUT2D eigenvalue weighted by Crippen LogP contribution is -2.24. The van der Waals surface area contributed by atoms with Crippen molar-refractivity contribution in [3.8, 4) is 0 Å². The van der Waals surface area contributed by atoms with Crippen LogP contribution in [0.25, 0.3) is 0 Å². The summed E-state index contributed by atoms with van der Waals surface area (Å²) in [6.07, 6.45) is 3.88. The first-order chi connectivity index (χ1) is 9.63. The van der Waals surface area contributed by atoms with Crippen molar-refractivity contribution in [1.29, 1.82) is 0 Å². The van der Waals surface area contributed by atoms with Gasteiger partial charge in [-0.25, -0.2) is 4.79 Å². The molecule has 0 saturated carbocycles. The van der Waals surface area contributed by atoms with Gasteiger partial charge < -0.3 is 10.1 Å². The summed E-state index contributed by atoms with van der Waals surface area (Å²) >= 11 is 5.35. The number of nitrogens with one attached hydrogen (secondary N) is 1. The Balaban J connectivity index is 0.00000400. The lowest BCUT2D eigenvalue weighted by molar-refractivity contribution is 0.108. The van der Waals surface area contributed by atoms with E-state index in [9.17, 15) is 9.59 Å². The van der Waals surface area contributed by atoms with Crippen LogP contribution in [0.4, 0.5) is 4.79 Å². The molecule has 0 saturated heterocycles. The standard InChI is InChI=1S/C15H20ClNO3.ClH/c1-2-3-4-5-10-20-15(19)17-11-12-6-8-13(9-7-12)14(16)18;/h6-9H,2-5,10-11H2,1H3,(H,17,19);1H. The molecule has 6 heteroatoms. The van der Waals surface area contributed by atoms with E-state index in [1.165, 1.54) is 0 Å². The number of ether oxygens (including phenoxy) is 1. The summed E-state index contributed by atoms with van der Waals surface area (Å²) in [5, 5.41) is 2.17. The zero-order chi connectivity index (χ0) is 14.8. The van der Waals surface area contributed by atoms with Crippen LogP contribution in [-0.4, -0.2) is 17.9 Å². The first kappa shape index (κ1) is 19.7. The molecule has 1 amide bonds. The highest BCUT2D eigenvalue weighted by molar-refractivity contribution is 6.67. The number of alkyl carbamates (subject to hydrolysis) is 1. The van der Waals surface area contributed by atoms with Crippen LogP contribution in [0.15, 0.2) is 24.3 Å². The molecule has 0 unspecified atom stereocenters. The number of rotatable bonds is 8. The van der Waals surface area contributed by atoms with Crippen molar-refractivity contribution in [2.75, 3.05) is 6.61 Å². The fraction of sp³-hybridized carbons (Fsp3) is 0.467. The minimum absolute atomic E-state index is 0. The zero-order valence-corrected chi connectivity index (χ0v) is 13.6. The topological polar surface area (TPSA) is 55.4 Å². The molecular formula is C15H21Cl2NO3. The fourth-order valence-electron chi connectivity index (χ4n) is 1.67. The average molecular weight is 334 g/mol. The molecule has 0 fully saturated rings. The van der Waals surface area contributed by atoms with Crippen molar-refractivity contribution in [3.63, 3.8) is 0 Å². The summed E-state index contributed by atoms with van der Waals surface area (Å²) in [6.45, 7) is 2.95. The predicted molar refractivity (Wildman–Crippen MR) is 86.2 cm³/mol. The molecule has 0 radical (unpaired) electrons. The van der Waals surface area contributed by atoms with E-state index in [-0.39, 0.29) is 12.4 Å². The van der Waals surface area contributed by atoms with E-state index >= 15 is 0 Å². The van der Waals surface area contributed by atoms with E-state index < -0.39 is 11.3 Å². The summed E-state index contributed by atoms with van der Waals surface area (Å²) < 4.78 is 5.05. The molecule has 21 heavy (non-hydrogen) atoms. The lowest BCUT2D eigenvalue weighted by Gasteiger charge is -2.07. The van der Waals surface area contributed by atoms with Crippen LogP contribution in [0.2, 0.25) is 0 Å². The molecule has 0 aromatic heterocycles. The maximum Gasteiger partial charge on any atom is 0.407 e. The molecule has 0 aliphatic heterocycles. The number of hydrogen-bond acceptors (Lipinski definition) is 3. The van der Waals surface area contributed by atoms with E-state index in [1.54, 1.807) is 24.3 Å². The smallest absolute Gasteiger partial charge is 0.407 e. The average Bonchev–Trinajstić information content (AvgIpc) is 2.45. The second-order valence-corrected chi connectivity index (χ2v) is 4.86. The fourth-order valence-corrected chi connectivity index (χ4v) is 1.80. The Kier molecular flexibility index (Phi) is 10.7. The van der Waals surface area contributed by atoms with Gasteiger partial charge in [0, 0.05) is 12.1 Å². The predicted octanol–water partition coefficient (Wildman–Crippen LogP) is 4.29.